The average molecular weight is 559 g/mol. The number of carbonyl (C=O) groups is 1. The minimum atomic E-state index is -2.90. The number of aliphatic hydroxyl groups is 2. The number of nitrogens with zero attached hydrogens (tertiary/aromatic N) is 2. The monoisotopic (exact) mass is 558 g/mol. The second-order valence-corrected chi connectivity index (χ2v) is 13.0. The van der Waals surface area contributed by atoms with Crippen LogP contribution < -0.4 is 15.4 Å². The lowest BCUT2D eigenvalue weighted by atomic mass is 10.1. The van der Waals surface area contributed by atoms with Crippen molar-refractivity contribution in [1.82, 2.24) is 9.97 Å². The van der Waals surface area contributed by atoms with Gasteiger partial charge in [0.2, 0.25) is 5.91 Å². The minimum Gasteiger partial charge on any atom is -0.489 e. The van der Waals surface area contributed by atoms with E-state index >= 15 is 0 Å². The zero-order chi connectivity index (χ0) is 25.9. The van der Waals surface area contributed by atoms with Crippen LogP contribution in [0.15, 0.2) is 36.7 Å². The van der Waals surface area contributed by atoms with E-state index in [0.29, 0.717) is 34.6 Å². The third-order valence-electron chi connectivity index (χ3n) is 5.38. The molecular formula is C22H24ClFN4O6S2. The minimum absolute atomic E-state index is 0.0690. The number of carbonyl (C=O) groups excluding carboxylic acids is 1. The Labute approximate surface area is 216 Å². The van der Waals surface area contributed by atoms with E-state index in [1.807, 2.05) is 0 Å². The molecule has 2 atom stereocenters. The molecule has 36 heavy (non-hydrogen) atoms. The number of nitrogens with one attached hydrogen (secondary N) is 2. The second kappa shape index (κ2) is 11.3. The topological polar surface area (TPSA) is 157 Å². The Morgan fingerprint density at radius 1 is 1.31 bits per heavy atom. The summed E-state index contributed by atoms with van der Waals surface area (Å²) in [6, 6.07) is 7.22. The van der Waals surface area contributed by atoms with Crippen molar-refractivity contribution in [2.24, 2.45) is 0 Å². The zero-order valence-corrected chi connectivity index (χ0v) is 21.1. The summed E-state index contributed by atoms with van der Waals surface area (Å²) in [4.78, 5) is 21.3. The predicted octanol–water partition coefficient (Wildman–Crippen LogP) is 4.40. The lowest BCUT2D eigenvalue weighted by Gasteiger charge is -2.31. The third kappa shape index (κ3) is 6.29. The molecule has 0 bridgehead atoms. The van der Waals surface area contributed by atoms with E-state index in [2.05, 4.69) is 20.6 Å². The fourth-order valence-corrected chi connectivity index (χ4v) is 7.56. The largest absolute Gasteiger partial charge is 0.489 e. The first-order chi connectivity index (χ1) is 17.2. The van der Waals surface area contributed by atoms with Gasteiger partial charge in [-0.05, 0) is 41.5 Å². The molecule has 1 aliphatic rings. The number of hydrogen-bond donors (Lipinski definition) is 6. The maximum atomic E-state index is 13.6. The molecule has 2 aromatic carbocycles. The standard InChI is InChI=1S/C22H24ClFN4O6S2/c23-16-5-12(1-2-17(16)24)27-22-15-7-19(28-21(31)6-14-3-4-35-36(14,32)33)20(34-10-13(30)9-29)8-18(15)25-11-26-22/h1-2,5,7-8,11,13-14,29-30,32-33H,3-4,6,9-10H2,(H,28,31)(H,25,26,27). The molecule has 1 aromatic heterocycles. The van der Waals surface area contributed by atoms with Crippen LogP contribution in [0.2, 0.25) is 5.02 Å². The number of amides is 1. The number of ether oxygens (including phenoxy) is 1. The molecule has 1 fully saturated rings. The number of hydrogen-bond acceptors (Lipinski definition) is 10. The van der Waals surface area contributed by atoms with E-state index in [9.17, 15) is 23.4 Å². The molecule has 14 heteroatoms. The van der Waals surface area contributed by atoms with Crippen LogP contribution in [0.3, 0.4) is 0 Å². The smallest absolute Gasteiger partial charge is 0.226 e. The maximum absolute atomic E-state index is 13.6. The van der Waals surface area contributed by atoms with E-state index in [1.165, 1.54) is 24.5 Å². The Hall–Kier alpha value is -2.39. The van der Waals surface area contributed by atoms with Crippen LogP contribution in [0, 0.1) is 5.82 Å². The average Bonchev–Trinajstić information content (AvgIpc) is 3.17. The highest BCUT2D eigenvalue weighted by Crippen LogP contribution is 2.63. The van der Waals surface area contributed by atoms with Crippen LogP contribution >= 0.6 is 32.0 Å². The van der Waals surface area contributed by atoms with Crippen LogP contribution in [0.5, 0.6) is 5.75 Å². The van der Waals surface area contributed by atoms with Gasteiger partial charge in [-0.25, -0.2) is 14.4 Å². The van der Waals surface area contributed by atoms with Crippen molar-refractivity contribution in [2.45, 2.75) is 24.2 Å². The summed E-state index contributed by atoms with van der Waals surface area (Å²) >= 11 is 5.88. The molecule has 1 amide bonds. The Kier molecular flexibility index (Phi) is 8.40. The van der Waals surface area contributed by atoms with Gasteiger partial charge in [0.1, 0.15) is 36.4 Å². The molecule has 3 aromatic rings. The van der Waals surface area contributed by atoms with Crippen molar-refractivity contribution in [2.75, 3.05) is 29.6 Å². The number of rotatable bonds is 9. The van der Waals surface area contributed by atoms with E-state index < -0.39 is 39.3 Å². The summed E-state index contributed by atoms with van der Waals surface area (Å²) < 4.78 is 39.5. The van der Waals surface area contributed by atoms with Gasteiger partial charge >= 0.3 is 0 Å². The maximum Gasteiger partial charge on any atom is 0.226 e. The second-order valence-electron chi connectivity index (χ2n) is 8.01. The number of fused-ring (bicyclic) bond motifs is 1. The SMILES string of the molecule is O=C(CC1CCSS1(O)O)Nc1cc2c(Nc3ccc(F)c(Cl)c3)ncnc2cc1OCC(O)CO. The summed E-state index contributed by atoms with van der Waals surface area (Å²) in [7, 11) is -1.84. The van der Waals surface area contributed by atoms with Crippen molar-refractivity contribution in [1.29, 1.82) is 0 Å². The zero-order valence-electron chi connectivity index (χ0n) is 18.7. The number of benzene rings is 2. The first kappa shape index (κ1) is 26.7. The molecule has 0 spiro atoms. The lowest BCUT2D eigenvalue weighted by Crippen LogP contribution is -2.23. The van der Waals surface area contributed by atoms with Crippen molar-refractivity contribution in [3.63, 3.8) is 0 Å². The van der Waals surface area contributed by atoms with Crippen molar-refractivity contribution >= 4 is 66.0 Å². The van der Waals surface area contributed by atoms with Crippen molar-refractivity contribution < 1.29 is 33.2 Å². The van der Waals surface area contributed by atoms with E-state index in [4.69, 9.17) is 21.4 Å². The van der Waals surface area contributed by atoms with Gasteiger partial charge in [-0.1, -0.05) is 11.6 Å². The first-order valence-electron chi connectivity index (χ1n) is 10.8. The van der Waals surface area contributed by atoms with Gasteiger partial charge < -0.3 is 25.6 Å². The number of anilines is 3. The Balaban J connectivity index is 1.66. The van der Waals surface area contributed by atoms with E-state index in [-0.39, 0.29) is 29.5 Å². The Morgan fingerprint density at radius 2 is 2.11 bits per heavy atom. The molecule has 1 aliphatic heterocycles. The molecule has 0 radical (unpaired) electrons. The normalized spacial score (nSPS) is 18.6. The van der Waals surface area contributed by atoms with E-state index in [1.54, 1.807) is 12.1 Å². The van der Waals surface area contributed by atoms with Crippen molar-refractivity contribution in [3.8, 4) is 5.75 Å². The fraction of sp³-hybridized carbons (Fsp3) is 0.318. The molecule has 0 aliphatic carbocycles. The molecule has 0 saturated carbocycles. The molecule has 194 valence electrons. The van der Waals surface area contributed by atoms with Gasteiger partial charge in [0.25, 0.3) is 0 Å². The molecular weight excluding hydrogens is 535 g/mol. The summed E-state index contributed by atoms with van der Waals surface area (Å²) in [5.41, 5.74) is 1.14. The summed E-state index contributed by atoms with van der Waals surface area (Å²) in [6.07, 6.45) is 0.574. The van der Waals surface area contributed by atoms with Gasteiger partial charge in [-0.15, -0.1) is 9.62 Å². The lowest BCUT2D eigenvalue weighted by molar-refractivity contribution is -0.116. The highest BCUT2D eigenvalue weighted by Gasteiger charge is 2.34. The molecule has 2 unspecified atom stereocenters. The van der Waals surface area contributed by atoms with Gasteiger partial charge in [0.15, 0.2) is 0 Å². The Morgan fingerprint density at radius 3 is 2.81 bits per heavy atom. The molecule has 1 saturated heterocycles. The molecule has 6 N–H and O–H groups in total. The third-order valence-corrected chi connectivity index (χ3v) is 10.0. The number of aromatic nitrogens is 2. The number of halogens is 2. The molecule has 4 rings (SSSR count). The predicted molar refractivity (Wildman–Crippen MR) is 140 cm³/mol. The van der Waals surface area contributed by atoms with Crippen LogP contribution in [-0.2, 0) is 4.79 Å². The first-order valence-corrected chi connectivity index (χ1v) is 14.3. The van der Waals surface area contributed by atoms with Crippen LogP contribution in [0.25, 0.3) is 10.9 Å². The van der Waals surface area contributed by atoms with Gasteiger partial charge in [-0.2, -0.15) is 0 Å². The number of aliphatic hydroxyl groups excluding tert-OH is 2. The van der Waals surface area contributed by atoms with Crippen molar-refractivity contribution in [3.05, 3.63) is 47.5 Å². The molecule has 2 heterocycles. The molecule has 10 nitrogen and oxygen atoms in total. The Bertz CT molecular complexity index is 1270. The van der Waals surface area contributed by atoms with Crippen LogP contribution in [0.4, 0.5) is 21.6 Å². The quantitative estimate of drug-likeness (QED) is 0.208. The summed E-state index contributed by atoms with van der Waals surface area (Å²) in [5.74, 6) is 0.0744. The summed E-state index contributed by atoms with van der Waals surface area (Å²) in [6.45, 7) is -0.752. The summed E-state index contributed by atoms with van der Waals surface area (Å²) in [5, 5.41) is 24.5. The van der Waals surface area contributed by atoms with Gasteiger partial charge in [0, 0.05) is 29.3 Å². The van der Waals surface area contributed by atoms with Gasteiger partial charge in [0.05, 0.1) is 28.1 Å². The fourth-order valence-electron chi connectivity index (χ4n) is 3.52. The van der Waals surface area contributed by atoms with E-state index in [0.717, 1.165) is 10.8 Å². The van der Waals surface area contributed by atoms with Crippen LogP contribution in [0.1, 0.15) is 12.8 Å². The van der Waals surface area contributed by atoms with Crippen LogP contribution in [-0.4, -0.2) is 65.5 Å². The highest BCUT2D eigenvalue weighted by atomic mass is 35.5. The highest BCUT2D eigenvalue weighted by molar-refractivity contribution is 8.90. The van der Waals surface area contributed by atoms with Gasteiger partial charge in [-0.3, -0.25) is 13.9 Å².